The van der Waals surface area contributed by atoms with E-state index in [9.17, 15) is 0 Å². The van der Waals surface area contributed by atoms with E-state index in [2.05, 4.69) is 11.1 Å². The molecule has 0 aliphatic rings. The average Bonchev–Trinajstić information content (AvgIpc) is 2.19. The number of pyridine rings is 1. The van der Waals surface area contributed by atoms with Crippen molar-refractivity contribution in [2.75, 3.05) is 0 Å². The summed E-state index contributed by atoms with van der Waals surface area (Å²) in [6.07, 6.45) is 0. The first kappa shape index (κ1) is 14.9. The maximum absolute atomic E-state index is 8.84. The lowest BCUT2D eigenvalue weighted by atomic mass is 9.91. The molecular formula is C13H19ClN2. The van der Waals surface area contributed by atoms with Crippen molar-refractivity contribution in [1.82, 2.24) is 4.98 Å². The Morgan fingerprint density at radius 1 is 1.31 bits per heavy atom. The summed E-state index contributed by atoms with van der Waals surface area (Å²) in [6, 6.07) is 3.86. The van der Waals surface area contributed by atoms with Crippen molar-refractivity contribution >= 4 is 11.6 Å². The second-order valence-corrected chi connectivity index (χ2v) is 4.75. The second kappa shape index (κ2) is 5.86. The van der Waals surface area contributed by atoms with Crippen LogP contribution in [0.5, 0.6) is 0 Å². The van der Waals surface area contributed by atoms with Crippen LogP contribution in [0.1, 0.15) is 51.6 Å². The summed E-state index contributed by atoms with van der Waals surface area (Å²) >= 11 is 6.07. The van der Waals surface area contributed by atoms with E-state index in [4.69, 9.17) is 16.9 Å². The maximum atomic E-state index is 8.84. The first-order valence-electron chi connectivity index (χ1n) is 5.44. The Bertz CT molecular complexity index is 398. The highest BCUT2D eigenvalue weighted by atomic mass is 35.5. The van der Waals surface area contributed by atoms with Crippen LogP contribution in [0, 0.1) is 18.3 Å². The van der Waals surface area contributed by atoms with Gasteiger partial charge < -0.3 is 0 Å². The monoisotopic (exact) mass is 238 g/mol. The summed E-state index contributed by atoms with van der Waals surface area (Å²) in [7, 11) is 0. The zero-order chi connectivity index (χ0) is 12.9. The summed E-state index contributed by atoms with van der Waals surface area (Å²) in [4.78, 5) is 4.27. The first-order chi connectivity index (χ1) is 7.36. The van der Waals surface area contributed by atoms with Gasteiger partial charge in [0, 0.05) is 5.41 Å². The van der Waals surface area contributed by atoms with Gasteiger partial charge in [-0.3, -0.25) is 0 Å². The van der Waals surface area contributed by atoms with Crippen LogP contribution in [0.4, 0.5) is 0 Å². The summed E-state index contributed by atoms with van der Waals surface area (Å²) in [6.45, 7) is 11.9. The van der Waals surface area contributed by atoms with Gasteiger partial charge in [0.2, 0.25) is 0 Å². The van der Waals surface area contributed by atoms with Gasteiger partial charge in [-0.2, -0.15) is 5.26 Å². The number of rotatable bonds is 0. The molecular weight excluding hydrogens is 220 g/mol. The molecule has 0 unspecified atom stereocenters. The zero-order valence-corrected chi connectivity index (χ0v) is 11.6. The lowest BCUT2D eigenvalue weighted by Gasteiger charge is -2.19. The molecule has 3 heteroatoms. The standard InChI is InChI=1S/C11H13ClN2.C2H6/c1-7-5-8(12)10(11(2,3)4)14-9(7)6-13;1-2/h5H,1-4H3;1-2H3. The van der Waals surface area contributed by atoms with E-state index in [0.717, 1.165) is 11.3 Å². The quantitative estimate of drug-likeness (QED) is 0.678. The highest BCUT2D eigenvalue weighted by Crippen LogP contribution is 2.28. The van der Waals surface area contributed by atoms with Crippen LogP contribution in [-0.4, -0.2) is 4.98 Å². The van der Waals surface area contributed by atoms with E-state index >= 15 is 0 Å². The topological polar surface area (TPSA) is 36.7 Å². The smallest absolute Gasteiger partial charge is 0.143 e. The molecule has 0 aromatic carbocycles. The van der Waals surface area contributed by atoms with Crippen LogP contribution >= 0.6 is 11.6 Å². The molecule has 0 aliphatic heterocycles. The van der Waals surface area contributed by atoms with E-state index in [-0.39, 0.29) is 5.41 Å². The minimum Gasteiger partial charge on any atom is -0.240 e. The molecule has 1 aromatic heterocycles. The first-order valence-corrected chi connectivity index (χ1v) is 5.82. The SMILES string of the molecule is CC.Cc1cc(Cl)c(C(C)(C)C)nc1C#N. The molecule has 0 atom stereocenters. The molecule has 0 spiro atoms. The third-order valence-corrected chi connectivity index (χ3v) is 2.27. The fourth-order valence-corrected chi connectivity index (χ4v) is 1.71. The molecule has 0 radical (unpaired) electrons. The largest absolute Gasteiger partial charge is 0.240 e. The van der Waals surface area contributed by atoms with Crippen molar-refractivity contribution < 1.29 is 0 Å². The number of nitriles is 1. The molecule has 0 N–H and O–H groups in total. The molecule has 0 bridgehead atoms. The van der Waals surface area contributed by atoms with Crippen molar-refractivity contribution in [2.24, 2.45) is 0 Å². The molecule has 2 nitrogen and oxygen atoms in total. The molecule has 1 rings (SSSR count). The molecule has 1 aromatic rings. The van der Waals surface area contributed by atoms with Crippen LogP contribution in [0.25, 0.3) is 0 Å². The Labute approximate surface area is 103 Å². The summed E-state index contributed by atoms with van der Waals surface area (Å²) in [5.41, 5.74) is 1.93. The van der Waals surface area contributed by atoms with Crippen molar-refractivity contribution in [1.29, 1.82) is 5.26 Å². The molecule has 16 heavy (non-hydrogen) atoms. The van der Waals surface area contributed by atoms with E-state index in [1.54, 1.807) is 6.07 Å². The molecule has 0 saturated carbocycles. The van der Waals surface area contributed by atoms with Gasteiger partial charge in [-0.05, 0) is 18.6 Å². The van der Waals surface area contributed by atoms with Gasteiger partial charge in [-0.25, -0.2) is 4.98 Å². The number of nitrogens with zero attached hydrogens (tertiary/aromatic N) is 2. The van der Waals surface area contributed by atoms with Gasteiger partial charge in [0.15, 0.2) is 0 Å². The van der Waals surface area contributed by atoms with Gasteiger partial charge in [0.05, 0.1) is 10.7 Å². The van der Waals surface area contributed by atoms with Crippen molar-refractivity contribution in [3.05, 3.63) is 28.0 Å². The van der Waals surface area contributed by atoms with Gasteiger partial charge >= 0.3 is 0 Å². The second-order valence-electron chi connectivity index (χ2n) is 4.35. The summed E-state index contributed by atoms with van der Waals surface area (Å²) in [5, 5.41) is 9.48. The number of aromatic nitrogens is 1. The van der Waals surface area contributed by atoms with Crippen LogP contribution < -0.4 is 0 Å². The Balaban J connectivity index is 0.00000106. The van der Waals surface area contributed by atoms with Gasteiger partial charge in [-0.15, -0.1) is 0 Å². The van der Waals surface area contributed by atoms with Gasteiger partial charge in [0.1, 0.15) is 11.8 Å². The van der Waals surface area contributed by atoms with Crippen molar-refractivity contribution in [3.63, 3.8) is 0 Å². The van der Waals surface area contributed by atoms with E-state index in [1.807, 2.05) is 41.5 Å². The number of hydrogen-bond acceptors (Lipinski definition) is 2. The third-order valence-electron chi connectivity index (χ3n) is 1.98. The lowest BCUT2D eigenvalue weighted by Crippen LogP contribution is -2.15. The van der Waals surface area contributed by atoms with E-state index in [1.165, 1.54) is 0 Å². The molecule has 0 fully saturated rings. The normalized spacial score (nSPS) is 10.1. The third kappa shape index (κ3) is 3.50. The number of halogens is 1. The summed E-state index contributed by atoms with van der Waals surface area (Å²) in [5.74, 6) is 0. The van der Waals surface area contributed by atoms with Crippen LogP contribution in [-0.2, 0) is 5.41 Å². The molecule has 1 heterocycles. The average molecular weight is 239 g/mol. The molecule has 0 aliphatic carbocycles. The van der Waals surface area contributed by atoms with Crippen LogP contribution in [0.3, 0.4) is 0 Å². The van der Waals surface area contributed by atoms with Crippen LogP contribution in [0.2, 0.25) is 5.02 Å². The Hall–Kier alpha value is -1.07. The van der Waals surface area contributed by atoms with Crippen molar-refractivity contribution in [2.45, 2.75) is 47.0 Å². The van der Waals surface area contributed by atoms with E-state index < -0.39 is 0 Å². The lowest BCUT2D eigenvalue weighted by molar-refractivity contribution is 0.568. The predicted molar refractivity (Wildman–Crippen MR) is 68.7 cm³/mol. The Morgan fingerprint density at radius 2 is 1.81 bits per heavy atom. The number of aryl methyl sites for hydroxylation is 1. The molecule has 0 amide bonds. The minimum absolute atomic E-state index is 0.129. The van der Waals surface area contributed by atoms with E-state index in [0.29, 0.717) is 10.7 Å². The van der Waals surface area contributed by atoms with Crippen LogP contribution in [0.15, 0.2) is 6.07 Å². The minimum atomic E-state index is -0.129. The fourth-order valence-electron chi connectivity index (χ4n) is 1.22. The van der Waals surface area contributed by atoms with Crippen molar-refractivity contribution in [3.8, 4) is 6.07 Å². The highest BCUT2D eigenvalue weighted by molar-refractivity contribution is 6.31. The summed E-state index contributed by atoms with van der Waals surface area (Å²) < 4.78 is 0. The molecule has 88 valence electrons. The van der Waals surface area contributed by atoms with Gasteiger partial charge in [-0.1, -0.05) is 46.2 Å². The Morgan fingerprint density at radius 3 is 2.19 bits per heavy atom. The Kier molecular flexibility index (Phi) is 5.47. The zero-order valence-electron chi connectivity index (χ0n) is 10.8. The van der Waals surface area contributed by atoms with Gasteiger partial charge in [0.25, 0.3) is 0 Å². The fraction of sp³-hybridized carbons (Fsp3) is 0.538. The maximum Gasteiger partial charge on any atom is 0.143 e. The number of hydrogen-bond donors (Lipinski definition) is 0. The highest BCUT2D eigenvalue weighted by Gasteiger charge is 2.20. The molecule has 0 saturated heterocycles. The predicted octanol–water partition coefficient (Wildman–Crippen LogP) is 4.24.